The SMILES string of the molecule is O=CO[C@H]1CCc2[nH]ncc2C1. The maximum Gasteiger partial charge on any atom is 0.293 e. The van der Waals surface area contributed by atoms with Gasteiger partial charge < -0.3 is 4.74 Å². The number of nitrogens with one attached hydrogen (secondary N) is 1. The van der Waals surface area contributed by atoms with Crippen LogP contribution in [0.4, 0.5) is 0 Å². The number of nitrogens with zero attached hydrogens (tertiary/aromatic N) is 1. The molecule has 1 aliphatic rings. The van der Waals surface area contributed by atoms with Gasteiger partial charge in [0.05, 0.1) is 6.20 Å². The van der Waals surface area contributed by atoms with Crippen molar-refractivity contribution in [3.05, 3.63) is 17.5 Å². The summed E-state index contributed by atoms with van der Waals surface area (Å²) in [7, 11) is 0. The zero-order chi connectivity index (χ0) is 8.39. The number of ether oxygens (including phenoxy) is 1. The quantitative estimate of drug-likeness (QED) is 0.648. The van der Waals surface area contributed by atoms with Gasteiger partial charge in [0.1, 0.15) is 6.10 Å². The molecule has 0 radical (unpaired) electrons. The highest BCUT2D eigenvalue weighted by Gasteiger charge is 2.20. The van der Waals surface area contributed by atoms with Crippen LogP contribution in [0.15, 0.2) is 6.20 Å². The van der Waals surface area contributed by atoms with Gasteiger partial charge >= 0.3 is 0 Å². The fraction of sp³-hybridized carbons (Fsp3) is 0.500. The largest absolute Gasteiger partial charge is 0.464 e. The van der Waals surface area contributed by atoms with Crippen LogP contribution in [0, 0.1) is 0 Å². The molecule has 1 heterocycles. The van der Waals surface area contributed by atoms with Crippen molar-refractivity contribution in [1.82, 2.24) is 10.2 Å². The number of H-pyrrole nitrogens is 1. The number of aromatic amines is 1. The normalized spacial score (nSPS) is 21.5. The molecule has 1 aromatic heterocycles. The second-order valence-electron chi connectivity index (χ2n) is 2.97. The first-order chi connectivity index (χ1) is 5.90. The van der Waals surface area contributed by atoms with Crippen LogP contribution in [0.1, 0.15) is 17.7 Å². The molecule has 1 N–H and O–H groups in total. The lowest BCUT2D eigenvalue weighted by atomic mass is 9.96. The van der Waals surface area contributed by atoms with Crippen molar-refractivity contribution in [2.75, 3.05) is 0 Å². The van der Waals surface area contributed by atoms with Crippen LogP contribution in [-0.2, 0) is 22.4 Å². The van der Waals surface area contributed by atoms with Gasteiger partial charge in [-0.15, -0.1) is 0 Å². The van der Waals surface area contributed by atoms with Gasteiger partial charge in [0, 0.05) is 12.1 Å². The Bertz CT molecular complexity index is 282. The number of fused-ring (bicyclic) bond motifs is 1. The third kappa shape index (κ3) is 1.20. The first-order valence-corrected chi connectivity index (χ1v) is 4.00. The van der Waals surface area contributed by atoms with Crippen LogP contribution in [-0.4, -0.2) is 22.8 Å². The van der Waals surface area contributed by atoms with Gasteiger partial charge in [-0.3, -0.25) is 9.89 Å². The van der Waals surface area contributed by atoms with Crippen molar-refractivity contribution in [3.63, 3.8) is 0 Å². The minimum atomic E-state index is 0.0487. The van der Waals surface area contributed by atoms with E-state index in [-0.39, 0.29) is 6.10 Å². The first-order valence-electron chi connectivity index (χ1n) is 4.00. The summed E-state index contributed by atoms with van der Waals surface area (Å²) in [5, 5.41) is 6.86. The minimum absolute atomic E-state index is 0.0487. The molecule has 4 nitrogen and oxygen atoms in total. The van der Waals surface area contributed by atoms with Crippen molar-refractivity contribution in [2.24, 2.45) is 0 Å². The smallest absolute Gasteiger partial charge is 0.293 e. The molecule has 0 fully saturated rings. The van der Waals surface area contributed by atoms with Gasteiger partial charge in [0.15, 0.2) is 0 Å². The Morgan fingerprint density at radius 3 is 3.50 bits per heavy atom. The predicted molar refractivity (Wildman–Crippen MR) is 41.5 cm³/mol. The van der Waals surface area contributed by atoms with E-state index in [2.05, 4.69) is 10.2 Å². The van der Waals surface area contributed by atoms with Crippen LogP contribution in [0.5, 0.6) is 0 Å². The van der Waals surface area contributed by atoms with E-state index in [0.717, 1.165) is 19.3 Å². The lowest BCUT2D eigenvalue weighted by Gasteiger charge is -2.19. The number of hydrogen-bond donors (Lipinski definition) is 1. The van der Waals surface area contributed by atoms with Crippen LogP contribution in [0.25, 0.3) is 0 Å². The lowest BCUT2D eigenvalue weighted by Crippen LogP contribution is -2.21. The number of aromatic nitrogens is 2. The summed E-state index contributed by atoms with van der Waals surface area (Å²) in [4.78, 5) is 10.1. The molecule has 1 atom stereocenters. The van der Waals surface area contributed by atoms with Crippen molar-refractivity contribution < 1.29 is 9.53 Å². The summed E-state index contributed by atoms with van der Waals surface area (Å²) in [5.41, 5.74) is 2.36. The highest BCUT2D eigenvalue weighted by Crippen LogP contribution is 2.20. The summed E-state index contributed by atoms with van der Waals surface area (Å²) in [6.45, 7) is 0.524. The molecule has 0 bridgehead atoms. The van der Waals surface area contributed by atoms with Crippen LogP contribution < -0.4 is 0 Å². The topological polar surface area (TPSA) is 55.0 Å². The van der Waals surface area contributed by atoms with Crippen molar-refractivity contribution in [1.29, 1.82) is 0 Å². The molecule has 1 aromatic rings. The molecule has 0 spiro atoms. The van der Waals surface area contributed by atoms with Crippen molar-refractivity contribution >= 4 is 6.47 Å². The Hall–Kier alpha value is -1.32. The number of hydrogen-bond acceptors (Lipinski definition) is 3. The molecule has 4 heteroatoms. The molecule has 64 valence electrons. The Morgan fingerprint density at radius 1 is 1.75 bits per heavy atom. The van der Waals surface area contributed by atoms with Gasteiger partial charge in [0.25, 0.3) is 6.47 Å². The molecule has 0 saturated carbocycles. The highest BCUT2D eigenvalue weighted by atomic mass is 16.5. The fourth-order valence-corrected chi connectivity index (χ4v) is 1.58. The molecule has 12 heavy (non-hydrogen) atoms. The third-order valence-corrected chi connectivity index (χ3v) is 2.22. The summed E-state index contributed by atoms with van der Waals surface area (Å²) in [6.07, 6.45) is 4.47. The van der Waals surface area contributed by atoms with Crippen LogP contribution >= 0.6 is 0 Å². The standard InChI is InChI=1S/C8H10N2O2/c11-5-12-7-1-2-8-6(3-7)4-9-10-8/h4-5,7H,1-3H2,(H,9,10)/t7-/m0/s1. The number of carbonyl (C=O) groups excluding carboxylic acids is 1. The van der Waals surface area contributed by atoms with E-state index < -0.39 is 0 Å². The molecule has 2 rings (SSSR count). The van der Waals surface area contributed by atoms with Crippen LogP contribution in [0.3, 0.4) is 0 Å². The summed E-state index contributed by atoms with van der Waals surface area (Å²) in [5.74, 6) is 0. The van der Waals surface area contributed by atoms with Gasteiger partial charge in [-0.2, -0.15) is 5.10 Å². The Labute approximate surface area is 69.9 Å². The summed E-state index contributed by atoms with van der Waals surface area (Å²) in [6, 6.07) is 0. The van der Waals surface area contributed by atoms with E-state index in [9.17, 15) is 4.79 Å². The van der Waals surface area contributed by atoms with E-state index >= 15 is 0 Å². The number of carbonyl (C=O) groups is 1. The van der Waals surface area contributed by atoms with E-state index in [0.29, 0.717) is 6.47 Å². The second-order valence-corrected chi connectivity index (χ2v) is 2.97. The number of aryl methyl sites for hydroxylation is 1. The fourth-order valence-electron chi connectivity index (χ4n) is 1.58. The van der Waals surface area contributed by atoms with Gasteiger partial charge in [-0.05, 0) is 18.4 Å². The summed E-state index contributed by atoms with van der Waals surface area (Å²) < 4.78 is 4.89. The zero-order valence-corrected chi connectivity index (χ0v) is 6.62. The maximum atomic E-state index is 10.1. The van der Waals surface area contributed by atoms with Gasteiger partial charge in [0.2, 0.25) is 0 Å². The molecule has 0 saturated heterocycles. The Balaban J connectivity index is 2.09. The first kappa shape index (κ1) is 7.34. The Kier molecular flexibility index (Phi) is 1.81. The second kappa shape index (κ2) is 2.97. The maximum absolute atomic E-state index is 10.1. The molecule has 0 unspecified atom stereocenters. The van der Waals surface area contributed by atoms with E-state index in [1.165, 1.54) is 11.3 Å². The average Bonchev–Trinajstić information content (AvgIpc) is 2.51. The molecular weight excluding hydrogens is 156 g/mol. The average molecular weight is 166 g/mol. The molecule has 1 aliphatic carbocycles. The van der Waals surface area contributed by atoms with E-state index in [4.69, 9.17) is 4.74 Å². The monoisotopic (exact) mass is 166 g/mol. The Morgan fingerprint density at radius 2 is 2.67 bits per heavy atom. The third-order valence-electron chi connectivity index (χ3n) is 2.22. The highest BCUT2D eigenvalue weighted by molar-refractivity contribution is 5.38. The molecule has 0 amide bonds. The summed E-state index contributed by atoms with van der Waals surface area (Å²) >= 11 is 0. The molecule has 0 aliphatic heterocycles. The molecule has 0 aromatic carbocycles. The zero-order valence-electron chi connectivity index (χ0n) is 6.62. The van der Waals surface area contributed by atoms with Crippen LogP contribution in [0.2, 0.25) is 0 Å². The minimum Gasteiger partial charge on any atom is -0.464 e. The van der Waals surface area contributed by atoms with Crippen molar-refractivity contribution in [2.45, 2.75) is 25.4 Å². The lowest BCUT2D eigenvalue weighted by molar-refractivity contribution is -0.133. The van der Waals surface area contributed by atoms with Crippen molar-refractivity contribution in [3.8, 4) is 0 Å². The van der Waals surface area contributed by atoms with Gasteiger partial charge in [-0.1, -0.05) is 0 Å². The van der Waals surface area contributed by atoms with E-state index in [1.54, 1.807) is 6.20 Å². The predicted octanol–water partition coefficient (Wildman–Crippen LogP) is 0.440. The molecular formula is C8H10N2O2. The van der Waals surface area contributed by atoms with Gasteiger partial charge in [-0.25, -0.2) is 0 Å². The number of rotatable bonds is 2. The van der Waals surface area contributed by atoms with E-state index in [1.807, 2.05) is 0 Å².